The Labute approximate surface area is 157 Å². The van der Waals surface area contributed by atoms with E-state index in [1.54, 1.807) is 6.20 Å². The zero-order valence-corrected chi connectivity index (χ0v) is 16.4. The summed E-state index contributed by atoms with van der Waals surface area (Å²) in [7, 11) is 0. The number of rotatable bonds is 8. The first kappa shape index (κ1) is 18.4. The molecule has 0 spiro atoms. The molecule has 1 N–H and O–H groups in total. The van der Waals surface area contributed by atoms with Crippen molar-refractivity contribution in [3.8, 4) is 17.4 Å². The summed E-state index contributed by atoms with van der Waals surface area (Å²) in [6, 6.07) is 6.01. The van der Waals surface area contributed by atoms with Crippen LogP contribution in [-0.2, 0) is 0 Å². The lowest BCUT2D eigenvalue weighted by atomic mass is 10.1. The van der Waals surface area contributed by atoms with Crippen molar-refractivity contribution in [1.82, 2.24) is 24.5 Å². The third-order valence-corrected chi connectivity index (χ3v) is 4.58. The van der Waals surface area contributed by atoms with E-state index < -0.39 is 0 Å². The van der Waals surface area contributed by atoms with Gasteiger partial charge in [0.1, 0.15) is 5.69 Å². The van der Waals surface area contributed by atoms with Gasteiger partial charge < -0.3 is 14.0 Å². The van der Waals surface area contributed by atoms with Crippen LogP contribution in [0, 0.1) is 0 Å². The highest BCUT2D eigenvalue weighted by atomic mass is 32.2. The number of fused-ring (bicyclic) bond motifs is 1. The van der Waals surface area contributed by atoms with Crippen LogP contribution in [0.2, 0.25) is 0 Å². The molecule has 0 radical (unpaired) electrons. The lowest BCUT2D eigenvalue weighted by molar-refractivity contribution is 0.327. The van der Waals surface area contributed by atoms with Crippen LogP contribution in [0.15, 0.2) is 24.4 Å². The maximum absolute atomic E-state index is 5.55. The molecule has 0 unspecified atom stereocenters. The highest BCUT2D eigenvalue weighted by Gasteiger charge is 2.21. The van der Waals surface area contributed by atoms with E-state index >= 15 is 0 Å². The van der Waals surface area contributed by atoms with Gasteiger partial charge in [-0.15, -0.1) is 0 Å². The van der Waals surface area contributed by atoms with E-state index in [1.807, 2.05) is 31.4 Å². The summed E-state index contributed by atoms with van der Waals surface area (Å²) in [4.78, 5) is 18.6. The van der Waals surface area contributed by atoms with Crippen molar-refractivity contribution < 1.29 is 4.74 Å². The molecule has 0 aliphatic carbocycles. The number of nitrogens with zero attached hydrogens (tertiary/aromatic N) is 5. The normalized spacial score (nSPS) is 11.3. The molecule has 7 nitrogen and oxygen atoms in total. The standard InChI is InChI=1S/C18H24N6OS/c1-5-12(6-2)24-17(13-9-8-10-15(20-13)25-7-3)22-16-18(24)21-14(11-19-16)23-26-4/h8-12H,5-7H2,1-4H3,(H,21,23). The Morgan fingerprint density at radius 2 is 1.96 bits per heavy atom. The summed E-state index contributed by atoms with van der Waals surface area (Å²) in [5.41, 5.74) is 2.17. The summed E-state index contributed by atoms with van der Waals surface area (Å²) in [6.07, 6.45) is 5.61. The first-order chi connectivity index (χ1) is 12.7. The number of nitrogens with one attached hydrogen (secondary N) is 1. The Kier molecular flexibility index (Phi) is 5.92. The number of aromatic nitrogens is 5. The molecule has 138 valence electrons. The van der Waals surface area contributed by atoms with E-state index in [4.69, 9.17) is 14.7 Å². The van der Waals surface area contributed by atoms with Gasteiger partial charge in [-0.25, -0.2) is 19.9 Å². The molecule has 0 bridgehead atoms. The fourth-order valence-corrected chi connectivity index (χ4v) is 3.28. The van der Waals surface area contributed by atoms with Gasteiger partial charge in [0.15, 0.2) is 22.9 Å². The van der Waals surface area contributed by atoms with E-state index in [0.717, 1.165) is 35.8 Å². The third-order valence-electron chi connectivity index (χ3n) is 4.16. The van der Waals surface area contributed by atoms with Crippen LogP contribution >= 0.6 is 11.9 Å². The van der Waals surface area contributed by atoms with Crippen molar-refractivity contribution in [2.75, 3.05) is 17.6 Å². The van der Waals surface area contributed by atoms with Gasteiger partial charge in [-0.3, -0.25) is 0 Å². The molecule has 0 aliphatic heterocycles. The highest BCUT2D eigenvalue weighted by Crippen LogP contribution is 2.30. The Hall–Kier alpha value is -2.35. The van der Waals surface area contributed by atoms with Crippen LogP contribution in [0.1, 0.15) is 39.7 Å². The third kappa shape index (κ3) is 3.60. The van der Waals surface area contributed by atoms with Crippen LogP contribution in [-0.4, -0.2) is 37.4 Å². The first-order valence-corrected chi connectivity index (χ1v) is 10.1. The minimum atomic E-state index is 0.270. The molecule has 26 heavy (non-hydrogen) atoms. The van der Waals surface area contributed by atoms with Gasteiger partial charge in [0.25, 0.3) is 0 Å². The number of pyridine rings is 1. The van der Waals surface area contributed by atoms with E-state index in [1.165, 1.54) is 11.9 Å². The number of ether oxygens (including phenoxy) is 1. The smallest absolute Gasteiger partial charge is 0.213 e. The Morgan fingerprint density at radius 3 is 2.65 bits per heavy atom. The number of anilines is 1. The lowest BCUT2D eigenvalue weighted by Gasteiger charge is -2.18. The summed E-state index contributed by atoms with van der Waals surface area (Å²) in [5, 5.41) is 0. The number of hydrogen-bond donors (Lipinski definition) is 1. The Bertz CT molecular complexity index is 877. The quantitative estimate of drug-likeness (QED) is 0.589. The number of hydrogen-bond acceptors (Lipinski definition) is 7. The monoisotopic (exact) mass is 372 g/mol. The zero-order valence-electron chi connectivity index (χ0n) is 15.6. The molecule has 0 fully saturated rings. The molecule has 0 aliphatic rings. The second-order valence-corrected chi connectivity index (χ2v) is 6.39. The summed E-state index contributed by atoms with van der Waals surface area (Å²) in [5.74, 6) is 2.09. The van der Waals surface area contributed by atoms with Crippen molar-refractivity contribution in [1.29, 1.82) is 0 Å². The Balaban J connectivity index is 2.20. The largest absolute Gasteiger partial charge is 0.478 e. The van der Waals surface area contributed by atoms with Gasteiger partial charge in [-0.05, 0) is 25.8 Å². The minimum Gasteiger partial charge on any atom is -0.478 e. The lowest BCUT2D eigenvalue weighted by Crippen LogP contribution is -2.10. The molecule has 3 heterocycles. The van der Waals surface area contributed by atoms with Gasteiger partial charge in [-0.1, -0.05) is 31.9 Å². The fourth-order valence-electron chi connectivity index (χ4n) is 2.97. The van der Waals surface area contributed by atoms with E-state index in [2.05, 4.69) is 33.1 Å². The predicted molar refractivity (Wildman–Crippen MR) is 106 cm³/mol. The molecule has 3 aromatic rings. The van der Waals surface area contributed by atoms with Crippen molar-refractivity contribution in [2.45, 2.75) is 39.7 Å². The van der Waals surface area contributed by atoms with Gasteiger partial charge in [0.2, 0.25) is 5.88 Å². The van der Waals surface area contributed by atoms with Crippen LogP contribution < -0.4 is 9.46 Å². The average Bonchev–Trinajstić information content (AvgIpc) is 3.03. The highest BCUT2D eigenvalue weighted by molar-refractivity contribution is 7.99. The second kappa shape index (κ2) is 8.35. The van der Waals surface area contributed by atoms with Crippen molar-refractivity contribution >= 4 is 29.1 Å². The van der Waals surface area contributed by atoms with Gasteiger partial charge in [-0.2, -0.15) is 0 Å². The van der Waals surface area contributed by atoms with Gasteiger partial charge in [0, 0.05) is 18.4 Å². The molecule has 3 aromatic heterocycles. The Morgan fingerprint density at radius 1 is 1.15 bits per heavy atom. The molecule has 0 atom stereocenters. The van der Waals surface area contributed by atoms with E-state index in [9.17, 15) is 0 Å². The van der Waals surface area contributed by atoms with E-state index in [0.29, 0.717) is 18.1 Å². The van der Waals surface area contributed by atoms with Crippen molar-refractivity contribution in [3.63, 3.8) is 0 Å². The molecular weight excluding hydrogens is 348 g/mol. The molecular formula is C18H24N6OS. The maximum Gasteiger partial charge on any atom is 0.213 e. The van der Waals surface area contributed by atoms with E-state index in [-0.39, 0.29) is 6.04 Å². The fraction of sp³-hybridized carbons (Fsp3) is 0.444. The molecule has 0 aromatic carbocycles. The minimum absolute atomic E-state index is 0.270. The van der Waals surface area contributed by atoms with Gasteiger partial charge >= 0.3 is 0 Å². The average molecular weight is 372 g/mol. The van der Waals surface area contributed by atoms with Crippen molar-refractivity contribution in [2.24, 2.45) is 0 Å². The molecule has 8 heteroatoms. The van der Waals surface area contributed by atoms with Gasteiger partial charge in [0.05, 0.1) is 12.8 Å². The maximum atomic E-state index is 5.55. The van der Waals surface area contributed by atoms with Crippen LogP contribution in [0.25, 0.3) is 22.8 Å². The van der Waals surface area contributed by atoms with Crippen LogP contribution in [0.5, 0.6) is 5.88 Å². The molecule has 0 saturated carbocycles. The predicted octanol–water partition coefficient (Wildman–Crippen LogP) is 4.34. The summed E-state index contributed by atoms with van der Waals surface area (Å²) < 4.78 is 10.9. The van der Waals surface area contributed by atoms with Crippen LogP contribution in [0.4, 0.5) is 5.82 Å². The topological polar surface area (TPSA) is 77.8 Å². The SMILES string of the molecule is CCOc1cccc(-c2nc3ncc(NSC)nc3n2C(CC)CC)n1. The molecule has 0 amide bonds. The number of imidazole rings is 1. The molecule has 3 rings (SSSR count). The summed E-state index contributed by atoms with van der Waals surface area (Å²) >= 11 is 1.49. The zero-order chi connectivity index (χ0) is 18.5. The van der Waals surface area contributed by atoms with Crippen LogP contribution in [0.3, 0.4) is 0 Å². The van der Waals surface area contributed by atoms with Crippen molar-refractivity contribution in [3.05, 3.63) is 24.4 Å². The molecule has 0 saturated heterocycles. The summed E-state index contributed by atoms with van der Waals surface area (Å²) in [6.45, 7) is 6.87. The first-order valence-electron chi connectivity index (χ1n) is 8.85. The second-order valence-electron chi connectivity index (χ2n) is 5.78.